The van der Waals surface area contributed by atoms with E-state index in [1.54, 1.807) is 24.5 Å². The quantitative estimate of drug-likeness (QED) is 0.417. The lowest BCUT2D eigenvalue weighted by Crippen LogP contribution is -1.90. The molecule has 7 heteroatoms. The fourth-order valence-electron chi connectivity index (χ4n) is 2.52. The molecule has 0 amide bonds. The monoisotopic (exact) mass is 310 g/mol. The SMILES string of the molecule is Cn1cnc2c3nc(-c4ccccc4[N+](=O)[O-])sc3ccc21. The van der Waals surface area contributed by atoms with Crippen LogP contribution in [0.3, 0.4) is 0 Å². The first kappa shape index (κ1) is 12.9. The van der Waals surface area contributed by atoms with E-state index in [1.807, 2.05) is 23.7 Å². The molecule has 0 fully saturated rings. The zero-order chi connectivity index (χ0) is 15.3. The summed E-state index contributed by atoms with van der Waals surface area (Å²) in [5.41, 5.74) is 3.21. The van der Waals surface area contributed by atoms with Crippen LogP contribution >= 0.6 is 11.3 Å². The molecule has 6 nitrogen and oxygen atoms in total. The summed E-state index contributed by atoms with van der Waals surface area (Å²) in [4.78, 5) is 19.8. The Hall–Kier alpha value is -2.80. The predicted molar refractivity (Wildman–Crippen MR) is 86.0 cm³/mol. The second-order valence-corrected chi connectivity index (χ2v) is 5.96. The highest BCUT2D eigenvalue weighted by Crippen LogP contribution is 2.37. The van der Waals surface area contributed by atoms with E-state index in [9.17, 15) is 10.1 Å². The van der Waals surface area contributed by atoms with Crippen LogP contribution in [-0.4, -0.2) is 19.5 Å². The average molecular weight is 310 g/mol. The topological polar surface area (TPSA) is 73.8 Å². The first-order chi connectivity index (χ1) is 10.6. The molecule has 0 aliphatic rings. The van der Waals surface area contributed by atoms with Crippen LogP contribution in [0.4, 0.5) is 5.69 Å². The van der Waals surface area contributed by atoms with Gasteiger partial charge >= 0.3 is 0 Å². The van der Waals surface area contributed by atoms with Crippen molar-refractivity contribution in [3.63, 3.8) is 0 Å². The van der Waals surface area contributed by atoms with Crippen molar-refractivity contribution in [2.24, 2.45) is 7.05 Å². The van der Waals surface area contributed by atoms with Gasteiger partial charge in [-0.15, -0.1) is 11.3 Å². The molecular formula is C15H10N4O2S. The van der Waals surface area contributed by atoms with Crippen LogP contribution in [0.25, 0.3) is 31.8 Å². The van der Waals surface area contributed by atoms with Crippen molar-refractivity contribution in [3.05, 3.63) is 52.8 Å². The number of imidazole rings is 1. The Morgan fingerprint density at radius 2 is 2.00 bits per heavy atom. The van der Waals surface area contributed by atoms with Crippen molar-refractivity contribution in [1.29, 1.82) is 0 Å². The number of para-hydroxylation sites is 1. The fourth-order valence-corrected chi connectivity index (χ4v) is 3.52. The van der Waals surface area contributed by atoms with E-state index in [0.717, 1.165) is 21.3 Å². The van der Waals surface area contributed by atoms with Crippen LogP contribution in [0, 0.1) is 10.1 Å². The second-order valence-electron chi connectivity index (χ2n) is 4.93. The largest absolute Gasteiger partial charge is 0.334 e. The number of fused-ring (bicyclic) bond motifs is 3. The van der Waals surface area contributed by atoms with Gasteiger partial charge in [0.2, 0.25) is 0 Å². The first-order valence-electron chi connectivity index (χ1n) is 6.59. The van der Waals surface area contributed by atoms with E-state index in [-0.39, 0.29) is 10.6 Å². The molecule has 0 N–H and O–H groups in total. The third-order valence-electron chi connectivity index (χ3n) is 3.58. The number of hydrogen-bond donors (Lipinski definition) is 0. The predicted octanol–water partition coefficient (Wildman–Crippen LogP) is 3.76. The molecule has 2 aromatic carbocycles. The Morgan fingerprint density at radius 1 is 1.18 bits per heavy atom. The number of benzene rings is 2. The van der Waals surface area contributed by atoms with Gasteiger partial charge in [0.05, 0.1) is 27.0 Å². The summed E-state index contributed by atoms with van der Waals surface area (Å²) in [5, 5.41) is 11.8. The normalized spacial score (nSPS) is 11.3. The Bertz CT molecular complexity index is 1030. The zero-order valence-corrected chi connectivity index (χ0v) is 12.4. The molecule has 108 valence electrons. The number of nitrogens with zero attached hydrogens (tertiary/aromatic N) is 4. The number of rotatable bonds is 2. The van der Waals surface area contributed by atoms with Crippen molar-refractivity contribution in [2.45, 2.75) is 0 Å². The molecule has 0 radical (unpaired) electrons. The van der Waals surface area contributed by atoms with Crippen molar-refractivity contribution < 1.29 is 4.92 Å². The number of hydrogen-bond acceptors (Lipinski definition) is 5. The standard InChI is InChI=1S/C15H10N4O2S/c1-18-8-16-13-11(18)6-7-12-14(13)17-15(22-12)9-4-2-3-5-10(9)19(20)21/h2-8H,1H3. The van der Waals surface area contributed by atoms with Gasteiger partial charge in [-0.3, -0.25) is 10.1 Å². The van der Waals surface area contributed by atoms with Crippen molar-refractivity contribution in [3.8, 4) is 10.6 Å². The average Bonchev–Trinajstić information content (AvgIpc) is 3.11. The lowest BCUT2D eigenvalue weighted by molar-refractivity contribution is -0.384. The molecule has 0 saturated heterocycles. The van der Waals surface area contributed by atoms with Gasteiger partial charge in [0, 0.05) is 13.1 Å². The molecule has 2 aromatic heterocycles. The zero-order valence-electron chi connectivity index (χ0n) is 11.6. The highest BCUT2D eigenvalue weighted by molar-refractivity contribution is 7.21. The Labute approximate surface area is 128 Å². The fraction of sp³-hybridized carbons (Fsp3) is 0.0667. The van der Waals surface area contributed by atoms with Crippen LogP contribution in [0.15, 0.2) is 42.7 Å². The number of thiazole rings is 1. The van der Waals surface area contributed by atoms with E-state index >= 15 is 0 Å². The molecule has 0 saturated carbocycles. The van der Waals surface area contributed by atoms with Gasteiger partial charge in [0.25, 0.3) is 5.69 Å². The Morgan fingerprint density at radius 3 is 2.82 bits per heavy atom. The van der Waals surface area contributed by atoms with E-state index in [4.69, 9.17) is 0 Å². The lowest BCUT2D eigenvalue weighted by atomic mass is 10.2. The van der Waals surface area contributed by atoms with Crippen LogP contribution in [0.1, 0.15) is 0 Å². The summed E-state index contributed by atoms with van der Waals surface area (Å²) in [6, 6.07) is 10.6. The molecule has 4 rings (SSSR count). The number of aromatic nitrogens is 3. The summed E-state index contributed by atoms with van der Waals surface area (Å²) in [5.74, 6) is 0. The van der Waals surface area contributed by atoms with E-state index in [0.29, 0.717) is 10.6 Å². The van der Waals surface area contributed by atoms with Crippen LogP contribution < -0.4 is 0 Å². The van der Waals surface area contributed by atoms with Crippen molar-refractivity contribution in [1.82, 2.24) is 14.5 Å². The summed E-state index contributed by atoms with van der Waals surface area (Å²) in [7, 11) is 1.93. The molecule has 0 bridgehead atoms. The van der Waals surface area contributed by atoms with Gasteiger partial charge in [-0.25, -0.2) is 9.97 Å². The maximum atomic E-state index is 11.2. The van der Waals surface area contributed by atoms with Gasteiger partial charge in [-0.1, -0.05) is 12.1 Å². The van der Waals surface area contributed by atoms with Gasteiger partial charge in [0.1, 0.15) is 16.0 Å². The maximum absolute atomic E-state index is 11.2. The van der Waals surface area contributed by atoms with E-state index in [1.165, 1.54) is 17.4 Å². The van der Waals surface area contributed by atoms with Crippen molar-refractivity contribution >= 4 is 38.3 Å². The Kier molecular flexibility index (Phi) is 2.70. The molecule has 2 heterocycles. The minimum atomic E-state index is -0.377. The lowest BCUT2D eigenvalue weighted by Gasteiger charge is -1.97. The second kappa shape index (κ2) is 4.60. The number of nitro benzene ring substituents is 1. The number of aryl methyl sites for hydroxylation is 1. The number of nitro groups is 1. The molecule has 0 aliphatic carbocycles. The molecule has 22 heavy (non-hydrogen) atoms. The summed E-state index contributed by atoms with van der Waals surface area (Å²) < 4.78 is 2.90. The third kappa shape index (κ3) is 1.79. The highest BCUT2D eigenvalue weighted by atomic mass is 32.1. The summed E-state index contributed by atoms with van der Waals surface area (Å²) >= 11 is 1.44. The van der Waals surface area contributed by atoms with Gasteiger partial charge in [-0.05, 0) is 18.2 Å². The first-order valence-corrected chi connectivity index (χ1v) is 7.41. The molecule has 0 unspecified atom stereocenters. The minimum Gasteiger partial charge on any atom is -0.334 e. The molecule has 4 aromatic rings. The van der Waals surface area contributed by atoms with E-state index < -0.39 is 0 Å². The Balaban J connectivity index is 2.01. The summed E-state index contributed by atoms with van der Waals surface area (Å²) in [6.07, 6.45) is 1.74. The molecule has 0 atom stereocenters. The van der Waals surface area contributed by atoms with Gasteiger partial charge in [0.15, 0.2) is 0 Å². The van der Waals surface area contributed by atoms with Gasteiger partial charge < -0.3 is 4.57 Å². The molecule has 0 spiro atoms. The van der Waals surface area contributed by atoms with Crippen LogP contribution in [0.5, 0.6) is 0 Å². The van der Waals surface area contributed by atoms with E-state index in [2.05, 4.69) is 9.97 Å². The van der Waals surface area contributed by atoms with Crippen molar-refractivity contribution in [2.75, 3.05) is 0 Å². The minimum absolute atomic E-state index is 0.0684. The smallest absolute Gasteiger partial charge is 0.279 e. The van der Waals surface area contributed by atoms with Gasteiger partial charge in [-0.2, -0.15) is 0 Å². The summed E-state index contributed by atoms with van der Waals surface area (Å²) in [6.45, 7) is 0. The third-order valence-corrected chi connectivity index (χ3v) is 4.64. The maximum Gasteiger partial charge on any atom is 0.279 e. The molecular weight excluding hydrogens is 300 g/mol. The van der Waals surface area contributed by atoms with Crippen LogP contribution in [0.2, 0.25) is 0 Å². The molecule has 0 aliphatic heterocycles. The highest BCUT2D eigenvalue weighted by Gasteiger charge is 2.19. The van der Waals surface area contributed by atoms with Crippen LogP contribution in [-0.2, 0) is 7.05 Å².